The van der Waals surface area contributed by atoms with E-state index in [1.165, 1.54) is 11.1 Å². The highest BCUT2D eigenvalue weighted by atomic mass is 16.5. The molecule has 0 fully saturated rings. The van der Waals surface area contributed by atoms with Gasteiger partial charge in [-0.25, -0.2) is 4.79 Å². The van der Waals surface area contributed by atoms with E-state index in [4.69, 9.17) is 9.47 Å². The number of esters is 1. The topological polar surface area (TPSA) is 64.6 Å². The highest BCUT2D eigenvalue weighted by Gasteiger charge is 2.47. The van der Waals surface area contributed by atoms with Gasteiger partial charge in [0.25, 0.3) is 5.91 Å². The fraction of sp³-hybridized carbons (Fsp3) is 0.440. The van der Waals surface area contributed by atoms with Gasteiger partial charge in [-0.3, -0.25) is 4.79 Å². The van der Waals surface area contributed by atoms with E-state index in [0.717, 1.165) is 16.7 Å². The van der Waals surface area contributed by atoms with Crippen LogP contribution in [0.1, 0.15) is 58.9 Å². The maximum Gasteiger partial charge on any atom is 0.332 e. The lowest BCUT2D eigenvalue weighted by atomic mass is 9.94. The number of benzene rings is 2. The monoisotopic (exact) mass is 409 g/mol. The molecule has 5 nitrogen and oxygen atoms in total. The molecule has 3 rings (SSSR count). The average Bonchev–Trinajstić information content (AvgIpc) is 3.01. The first kappa shape index (κ1) is 21.9. The number of aryl methyl sites for hydroxylation is 3. The third kappa shape index (κ3) is 4.20. The highest BCUT2D eigenvalue weighted by Crippen LogP contribution is 2.34. The van der Waals surface area contributed by atoms with Crippen LogP contribution in [0.2, 0.25) is 0 Å². The summed E-state index contributed by atoms with van der Waals surface area (Å²) in [6.07, 6.45) is 0.763. The van der Waals surface area contributed by atoms with E-state index in [1.54, 1.807) is 13.0 Å². The van der Waals surface area contributed by atoms with Crippen molar-refractivity contribution >= 4 is 11.9 Å². The summed E-state index contributed by atoms with van der Waals surface area (Å²) in [5.41, 5.74) is 4.69. The zero-order valence-electron chi connectivity index (χ0n) is 18.7. The molecule has 1 amide bonds. The van der Waals surface area contributed by atoms with Crippen LogP contribution in [0.15, 0.2) is 30.3 Å². The lowest BCUT2D eigenvalue weighted by Gasteiger charge is -2.28. The molecule has 0 aliphatic heterocycles. The Morgan fingerprint density at radius 3 is 2.17 bits per heavy atom. The molecule has 0 radical (unpaired) electrons. The molecule has 0 heterocycles. The fourth-order valence-corrected chi connectivity index (χ4v) is 4.04. The average molecular weight is 410 g/mol. The Balaban J connectivity index is 1.98. The molecular weight excluding hydrogens is 378 g/mol. The number of fused-ring (bicyclic) bond motifs is 1. The summed E-state index contributed by atoms with van der Waals surface area (Å²) in [5.74, 6) is -0.182. The van der Waals surface area contributed by atoms with E-state index in [-0.39, 0.29) is 18.6 Å². The third-order valence-electron chi connectivity index (χ3n) is 5.63. The van der Waals surface area contributed by atoms with Crippen LogP contribution >= 0.6 is 0 Å². The van der Waals surface area contributed by atoms with Crippen molar-refractivity contribution in [1.29, 1.82) is 0 Å². The van der Waals surface area contributed by atoms with Gasteiger partial charge in [0.15, 0.2) is 0 Å². The largest absolute Gasteiger partial charge is 0.490 e. The van der Waals surface area contributed by atoms with Gasteiger partial charge >= 0.3 is 5.97 Å². The van der Waals surface area contributed by atoms with Crippen molar-refractivity contribution in [1.82, 2.24) is 5.32 Å². The molecule has 0 atom stereocenters. The zero-order chi connectivity index (χ0) is 22.1. The van der Waals surface area contributed by atoms with Gasteiger partial charge in [0.2, 0.25) is 0 Å². The predicted molar refractivity (Wildman–Crippen MR) is 117 cm³/mol. The van der Waals surface area contributed by atoms with Crippen molar-refractivity contribution in [2.45, 2.75) is 66.0 Å². The summed E-state index contributed by atoms with van der Waals surface area (Å²) in [4.78, 5) is 26.4. The molecule has 30 heavy (non-hydrogen) atoms. The quantitative estimate of drug-likeness (QED) is 0.725. The van der Waals surface area contributed by atoms with Gasteiger partial charge in [0.1, 0.15) is 11.3 Å². The number of carbonyl (C=O) groups is 2. The van der Waals surface area contributed by atoms with Crippen LogP contribution in [0, 0.1) is 20.8 Å². The first-order chi connectivity index (χ1) is 14.2. The van der Waals surface area contributed by atoms with Crippen molar-refractivity contribution in [2.24, 2.45) is 0 Å². The lowest BCUT2D eigenvalue weighted by molar-refractivity contribution is -0.150. The van der Waals surface area contributed by atoms with Crippen molar-refractivity contribution in [3.05, 3.63) is 63.7 Å². The van der Waals surface area contributed by atoms with E-state index in [2.05, 4.69) is 31.3 Å². The molecule has 1 aliphatic carbocycles. The van der Waals surface area contributed by atoms with Gasteiger partial charge in [-0.2, -0.15) is 0 Å². The van der Waals surface area contributed by atoms with Gasteiger partial charge < -0.3 is 14.8 Å². The Hall–Kier alpha value is -2.82. The van der Waals surface area contributed by atoms with Crippen LogP contribution < -0.4 is 10.1 Å². The molecule has 0 unspecified atom stereocenters. The number of amides is 1. The van der Waals surface area contributed by atoms with E-state index in [1.807, 2.05) is 32.9 Å². The normalized spacial score (nSPS) is 14.4. The van der Waals surface area contributed by atoms with Gasteiger partial charge in [-0.15, -0.1) is 0 Å². The Labute approximate surface area is 178 Å². The summed E-state index contributed by atoms with van der Waals surface area (Å²) in [6, 6.07) is 9.68. The Kier molecular flexibility index (Phi) is 6.20. The molecule has 5 heteroatoms. The van der Waals surface area contributed by atoms with Crippen molar-refractivity contribution < 1.29 is 19.1 Å². The second-order valence-corrected chi connectivity index (χ2v) is 8.43. The van der Waals surface area contributed by atoms with Crippen molar-refractivity contribution in [3.8, 4) is 5.75 Å². The molecule has 2 aromatic rings. The lowest BCUT2D eigenvalue weighted by Crippen LogP contribution is -2.56. The minimum atomic E-state index is -1.12. The minimum absolute atomic E-state index is 0.0710. The minimum Gasteiger partial charge on any atom is -0.490 e. The van der Waals surface area contributed by atoms with Gasteiger partial charge in [0.05, 0.1) is 18.3 Å². The van der Waals surface area contributed by atoms with Crippen molar-refractivity contribution in [2.75, 3.05) is 6.61 Å². The molecular formula is C25H31NO4. The number of hydrogen-bond donors (Lipinski definition) is 1. The van der Waals surface area contributed by atoms with Crippen LogP contribution in [0.5, 0.6) is 5.75 Å². The number of para-hydroxylation sites is 1. The molecule has 0 bridgehead atoms. The number of carbonyl (C=O) groups excluding carboxylic acids is 2. The first-order valence-corrected chi connectivity index (χ1v) is 10.5. The van der Waals surface area contributed by atoms with Crippen LogP contribution in [0.4, 0.5) is 0 Å². The van der Waals surface area contributed by atoms with Gasteiger partial charge in [-0.1, -0.05) is 24.3 Å². The number of ether oxygens (including phenoxy) is 2. The summed E-state index contributed by atoms with van der Waals surface area (Å²) < 4.78 is 11.3. The standard InChI is InChI=1S/C25H31NO4/c1-7-29-24(28)25(13-19-11-17(5)18(6)12-20(19)14-25)26-23(27)21-10-8-9-16(4)22(21)30-15(2)3/h8-12,15H,7,13-14H2,1-6H3,(H,26,27). The summed E-state index contributed by atoms with van der Waals surface area (Å²) in [5, 5.41) is 3.03. The molecule has 1 N–H and O–H groups in total. The SMILES string of the molecule is CCOC(=O)C1(NC(=O)c2cccc(C)c2OC(C)C)Cc2cc(C)c(C)cc2C1. The summed E-state index contributed by atoms with van der Waals surface area (Å²) >= 11 is 0. The number of hydrogen-bond acceptors (Lipinski definition) is 4. The molecule has 0 spiro atoms. The van der Waals surface area contributed by atoms with E-state index in [9.17, 15) is 9.59 Å². The van der Waals surface area contributed by atoms with Gasteiger partial charge in [-0.05, 0) is 75.4 Å². The fourth-order valence-electron chi connectivity index (χ4n) is 4.04. The second-order valence-electron chi connectivity index (χ2n) is 8.43. The molecule has 0 aromatic heterocycles. The zero-order valence-corrected chi connectivity index (χ0v) is 18.7. The number of nitrogens with one attached hydrogen (secondary N) is 1. The summed E-state index contributed by atoms with van der Waals surface area (Å²) in [6.45, 7) is 11.9. The predicted octanol–water partition coefficient (Wildman–Crippen LogP) is 4.23. The van der Waals surface area contributed by atoms with E-state index >= 15 is 0 Å². The molecule has 1 aliphatic rings. The molecule has 0 saturated carbocycles. The van der Waals surface area contributed by atoms with Crippen LogP contribution in [-0.4, -0.2) is 30.1 Å². The van der Waals surface area contributed by atoms with Crippen LogP contribution in [0.3, 0.4) is 0 Å². The Bertz CT molecular complexity index is 946. The van der Waals surface area contributed by atoms with Crippen molar-refractivity contribution in [3.63, 3.8) is 0 Å². The number of rotatable bonds is 6. The Morgan fingerprint density at radius 2 is 1.63 bits per heavy atom. The molecule has 0 saturated heterocycles. The van der Waals surface area contributed by atoms with E-state index < -0.39 is 11.5 Å². The third-order valence-corrected chi connectivity index (χ3v) is 5.63. The molecule has 2 aromatic carbocycles. The Morgan fingerprint density at radius 1 is 1.03 bits per heavy atom. The van der Waals surface area contributed by atoms with Crippen LogP contribution in [-0.2, 0) is 22.4 Å². The van der Waals surface area contributed by atoms with Gasteiger partial charge in [0, 0.05) is 12.8 Å². The first-order valence-electron chi connectivity index (χ1n) is 10.5. The summed E-state index contributed by atoms with van der Waals surface area (Å²) in [7, 11) is 0. The maximum atomic E-state index is 13.4. The highest BCUT2D eigenvalue weighted by molar-refractivity contribution is 6.01. The van der Waals surface area contributed by atoms with E-state index in [0.29, 0.717) is 24.2 Å². The molecule has 160 valence electrons. The van der Waals surface area contributed by atoms with Crippen LogP contribution in [0.25, 0.3) is 0 Å². The smallest absolute Gasteiger partial charge is 0.332 e. The second kappa shape index (κ2) is 8.50. The maximum absolute atomic E-state index is 13.4.